The zero-order chi connectivity index (χ0) is 25.8. The summed E-state index contributed by atoms with van der Waals surface area (Å²) in [5, 5.41) is 23.3. The number of amidine groups is 2. The largest absolute Gasteiger partial charge is 0.368 e. The van der Waals surface area contributed by atoms with E-state index in [1.807, 2.05) is 24.3 Å². The molecular weight excluding hydrogens is 474 g/mol. The summed E-state index contributed by atoms with van der Waals surface area (Å²) in [6.45, 7) is 3.01. The average molecular weight is 498 g/mol. The highest BCUT2D eigenvalue weighted by molar-refractivity contribution is 6.10. The fourth-order valence-corrected chi connectivity index (χ4v) is 3.99. The lowest BCUT2D eigenvalue weighted by atomic mass is 10.1. The highest BCUT2D eigenvalue weighted by Gasteiger charge is 2.19. The Morgan fingerprint density at radius 2 is 1.16 bits per heavy atom. The van der Waals surface area contributed by atoms with Crippen molar-refractivity contribution in [3.8, 4) is 0 Å². The number of nitro benzene ring substituents is 1. The number of hydrogen-bond acceptors (Lipinski definition) is 8. The number of carbonyl (C=O) groups excluding carboxylic acids is 2. The zero-order valence-electron chi connectivity index (χ0n) is 19.7. The lowest BCUT2D eigenvalue weighted by molar-refractivity contribution is -0.384. The molecule has 0 bridgehead atoms. The van der Waals surface area contributed by atoms with E-state index in [0.717, 1.165) is 61.1 Å². The van der Waals surface area contributed by atoms with Crippen LogP contribution in [0.15, 0.2) is 76.7 Å². The molecule has 0 aromatic heterocycles. The van der Waals surface area contributed by atoms with Crippen molar-refractivity contribution in [2.24, 2.45) is 9.98 Å². The second-order valence-electron chi connectivity index (χ2n) is 8.40. The molecule has 11 heteroatoms. The fourth-order valence-electron chi connectivity index (χ4n) is 3.99. The van der Waals surface area contributed by atoms with Crippen molar-refractivity contribution in [1.29, 1.82) is 0 Å². The van der Waals surface area contributed by atoms with Crippen LogP contribution in [-0.4, -0.2) is 54.6 Å². The van der Waals surface area contributed by atoms with E-state index >= 15 is 0 Å². The van der Waals surface area contributed by atoms with Gasteiger partial charge in [0.25, 0.3) is 17.5 Å². The van der Waals surface area contributed by atoms with Crippen molar-refractivity contribution in [3.05, 3.63) is 99.1 Å². The van der Waals surface area contributed by atoms with Gasteiger partial charge in [0.1, 0.15) is 11.7 Å². The predicted molar refractivity (Wildman–Crippen MR) is 141 cm³/mol. The molecule has 3 aromatic carbocycles. The highest BCUT2D eigenvalue weighted by atomic mass is 16.6. The van der Waals surface area contributed by atoms with Crippen LogP contribution in [-0.2, 0) is 0 Å². The number of nitrogens with one attached hydrogen (secondary N) is 4. The summed E-state index contributed by atoms with van der Waals surface area (Å²) in [6, 6.07) is 17.8. The van der Waals surface area contributed by atoms with Gasteiger partial charge in [-0.3, -0.25) is 29.7 Å². The van der Waals surface area contributed by atoms with Gasteiger partial charge in [-0.2, -0.15) is 0 Å². The number of benzene rings is 3. The quantitative estimate of drug-likeness (QED) is 0.291. The predicted octanol–water partition coefficient (Wildman–Crippen LogP) is 2.80. The fraction of sp³-hybridized carbons (Fsp3) is 0.154. The average Bonchev–Trinajstić information content (AvgIpc) is 3.64. The second kappa shape index (κ2) is 10.3. The van der Waals surface area contributed by atoms with Crippen molar-refractivity contribution < 1.29 is 14.5 Å². The Hall–Kier alpha value is -5.06. The summed E-state index contributed by atoms with van der Waals surface area (Å²) in [5.41, 5.74) is 2.42. The van der Waals surface area contributed by atoms with Gasteiger partial charge in [-0.25, -0.2) is 0 Å². The summed E-state index contributed by atoms with van der Waals surface area (Å²) in [5.74, 6) is 0.448. The van der Waals surface area contributed by atoms with E-state index in [9.17, 15) is 19.7 Å². The van der Waals surface area contributed by atoms with Gasteiger partial charge in [-0.15, -0.1) is 0 Å². The minimum absolute atomic E-state index is 0.00840. The molecule has 2 heterocycles. The molecule has 0 saturated carbocycles. The first kappa shape index (κ1) is 23.7. The Kier molecular flexibility index (Phi) is 6.58. The van der Waals surface area contributed by atoms with E-state index < -0.39 is 16.7 Å². The summed E-state index contributed by atoms with van der Waals surface area (Å²) in [7, 11) is 0. The van der Waals surface area contributed by atoms with E-state index in [4.69, 9.17) is 0 Å². The number of nitro groups is 1. The monoisotopic (exact) mass is 497 g/mol. The van der Waals surface area contributed by atoms with Gasteiger partial charge in [-0.05, 0) is 54.6 Å². The van der Waals surface area contributed by atoms with Crippen LogP contribution in [0.3, 0.4) is 0 Å². The first-order valence-corrected chi connectivity index (χ1v) is 11.7. The molecule has 2 aliphatic rings. The molecule has 5 rings (SSSR count). The molecule has 186 valence electrons. The number of nitrogens with zero attached hydrogens (tertiary/aromatic N) is 3. The maximum Gasteiger partial charge on any atom is 0.271 e. The van der Waals surface area contributed by atoms with Crippen molar-refractivity contribution in [1.82, 2.24) is 10.6 Å². The molecule has 3 aromatic rings. The topological polar surface area (TPSA) is 150 Å². The minimum atomic E-state index is -0.637. The Balaban J connectivity index is 1.31. The molecule has 0 aliphatic carbocycles. The normalized spacial score (nSPS) is 14.2. The molecule has 11 nitrogen and oxygen atoms in total. The summed E-state index contributed by atoms with van der Waals surface area (Å²) in [6.07, 6.45) is 0. The van der Waals surface area contributed by atoms with Gasteiger partial charge in [0, 0.05) is 58.9 Å². The molecule has 0 atom stereocenters. The standard InChI is InChI=1S/C26H23N7O4/c34-25(31-20-5-1-16(2-6-20)23-27-9-10-28-23)18-13-19(15-22(14-18)33(36)37)26(35)32-21-7-3-17(4-8-21)24-29-11-12-30-24/h1-8,13-15H,9-12H2,(H,27,28)(H,29,30)(H,31,34)(H,32,35). The van der Waals surface area contributed by atoms with Crippen LogP contribution in [0.25, 0.3) is 0 Å². The third kappa shape index (κ3) is 5.45. The number of hydrogen-bond donors (Lipinski definition) is 4. The minimum Gasteiger partial charge on any atom is -0.368 e. The third-order valence-corrected chi connectivity index (χ3v) is 5.83. The third-order valence-electron chi connectivity index (χ3n) is 5.83. The molecule has 2 amide bonds. The summed E-state index contributed by atoms with van der Waals surface area (Å²) >= 11 is 0. The van der Waals surface area contributed by atoms with Crippen LogP contribution >= 0.6 is 0 Å². The second-order valence-corrected chi connectivity index (χ2v) is 8.40. The Bertz CT molecular complexity index is 1330. The first-order valence-electron chi connectivity index (χ1n) is 11.7. The van der Waals surface area contributed by atoms with Crippen LogP contribution in [0, 0.1) is 10.1 Å². The Morgan fingerprint density at radius 1 is 0.730 bits per heavy atom. The molecule has 0 spiro atoms. The number of aliphatic imine (C=N–C) groups is 2. The van der Waals surface area contributed by atoms with Crippen molar-refractivity contribution >= 4 is 40.5 Å². The van der Waals surface area contributed by atoms with E-state index in [1.54, 1.807) is 24.3 Å². The van der Waals surface area contributed by atoms with Gasteiger partial charge in [0.15, 0.2) is 0 Å². The zero-order valence-corrected chi connectivity index (χ0v) is 19.7. The number of carbonyl (C=O) groups is 2. The van der Waals surface area contributed by atoms with Gasteiger partial charge in [0.05, 0.1) is 18.0 Å². The SMILES string of the molecule is O=C(Nc1ccc(C2=NCCN2)cc1)c1cc(C(=O)Nc2ccc(C3=NCCN3)cc2)cc([N+](=O)[O-])c1. The maximum atomic E-state index is 12.9. The van der Waals surface area contributed by atoms with Crippen LogP contribution in [0.2, 0.25) is 0 Å². The molecule has 0 saturated heterocycles. The molecule has 4 N–H and O–H groups in total. The molecule has 0 fully saturated rings. The van der Waals surface area contributed by atoms with Crippen molar-refractivity contribution in [3.63, 3.8) is 0 Å². The number of amides is 2. The van der Waals surface area contributed by atoms with E-state index in [2.05, 4.69) is 31.3 Å². The van der Waals surface area contributed by atoms with Crippen LogP contribution in [0.5, 0.6) is 0 Å². The van der Waals surface area contributed by atoms with Gasteiger partial charge in [-0.1, -0.05) is 0 Å². The summed E-state index contributed by atoms with van der Waals surface area (Å²) in [4.78, 5) is 45.4. The van der Waals surface area contributed by atoms with Crippen LogP contribution in [0.1, 0.15) is 31.8 Å². The lowest BCUT2D eigenvalue weighted by Crippen LogP contribution is -2.19. The number of rotatable bonds is 7. The maximum absolute atomic E-state index is 12.9. The molecule has 0 unspecified atom stereocenters. The molecule has 0 radical (unpaired) electrons. The van der Waals surface area contributed by atoms with Gasteiger partial charge >= 0.3 is 0 Å². The van der Waals surface area contributed by atoms with Gasteiger partial charge in [0.2, 0.25) is 0 Å². The van der Waals surface area contributed by atoms with Crippen LogP contribution < -0.4 is 21.3 Å². The highest BCUT2D eigenvalue weighted by Crippen LogP contribution is 2.21. The molecular formula is C26H23N7O4. The number of non-ortho nitro benzene ring substituents is 1. The molecule has 2 aliphatic heterocycles. The number of anilines is 2. The summed E-state index contributed by atoms with van der Waals surface area (Å²) < 4.78 is 0. The Labute approximate surface area is 211 Å². The van der Waals surface area contributed by atoms with Crippen molar-refractivity contribution in [2.75, 3.05) is 36.8 Å². The van der Waals surface area contributed by atoms with E-state index in [0.29, 0.717) is 11.4 Å². The van der Waals surface area contributed by atoms with E-state index in [1.165, 1.54) is 6.07 Å². The first-order chi connectivity index (χ1) is 18.0. The van der Waals surface area contributed by atoms with Crippen molar-refractivity contribution in [2.45, 2.75) is 0 Å². The Morgan fingerprint density at radius 3 is 1.51 bits per heavy atom. The van der Waals surface area contributed by atoms with Crippen LogP contribution in [0.4, 0.5) is 17.1 Å². The lowest BCUT2D eigenvalue weighted by Gasteiger charge is -2.10. The smallest absolute Gasteiger partial charge is 0.271 e. The molecule has 37 heavy (non-hydrogen) atoms. The van der Waals surface area contributed by atoms with E-state index in [-0.39, 0.29) is 16.8 Å². The van der Waals surface area contributed by atoms with Gasteiger partial charge < -0.3 is 21.3 Å².